The van der Waals surface area contributed by atoms with Gasteiger partial charge in [0, 0.05) is 25.2 Å². The zero-order valence-electron chi connectivity index (χ0n) is 18.0. The van der Waals surface area contributed by atoms with E-state index in [9.17, 15) is 4.79 Å². The number of carbonyl (C=O) groups excluding carboxylic acids is 1. The lowest BCUT2D eigenvalue weighted by Gasteiger charge is -2.30. The van der Waals surface area contributed by atoms with E-state index in [1.165, 1.54) is 5.56 Å². The molecule has 7 nitrogen and oxygen atoms in total. The maximum Gasteiger partial charge on any atom is 0.277 e. The Kier molecular flexibility index (Phi) is 6.64. The van der Waals surface area contributed by atoms with Gasteiger partial charge in [-0.3, -0.25) is 9.69 Å². The van der Waals surface area contributed by atoms with Crippen molar-refractivity contribution in [3.8, 4) is 5.75 Å². The zero-order valence-corrected chi connectivity index (χ0v) is 18.0. The topological polar surface area (TPSA) is 69.6 Å². The Morgan fingerprint density at radius 2 is 1.84 bits per heavy atom. The first kappa shape index (κ1) is 21.1. The molecule has 0 radical (unpaired) electrons. The summed E-state index contributed by atoms with van der Waals surface area (Å²) in [6.07, 6.45) is 4.84. The van der Waals surface area contributed by atoms with Gasteiger partial charge in [-0.05, 0) is 43.2 Å². The van der Waals surface area contributed by atoms with Crippen molar-refractivity contribution in [1.29, 1.82) is 0 Å². The Balaban J connectivity index is 1.33. The highest BCUT2D eigenvalue weighted by Gasteiger charge is 2.34. The number of carbonyl (C=O) groups is 1. The molecule has 0 N–H and O–H groups in total. The van der Waals surface area contributed by atoms with Crippen LogP contribution in [0, 0.1) is 0 Å². The number of fused-ring (bicyclic) bond motifs is 5. The van der Waals surface area contributed by atoms with Crippen molar-refractivity contribution in [3.63, 3.8) is 0 Å². The molecule has 1 aliphatic carbocycles. The highest BCUT2D eigenvalue weighted by Crippen LogP contribution is 2.38. The molecule has 31 heavy (non-hydrogen) atoms. The predicted octanol–water partition coefficient (Wildman–Crippen LogP) is 2.58. The maximum absolute atomic E-state index is 12.6. The average Bonchev–Trinajstić information content (AvgIpc) is 3.20. The quantitative estimate of drug-likeness (QED) is 0.685. The van der Waals surface area contributed by atoms with Gasteiger partial charge in [0.05, 0.1) is 38.6 Å². The van der Waals surface area contributed by atoms with Crippen LogP contribution >= 0.6 is 0 Å². The van der Waals surface area contributed by atoms with Crippen molar-refractivity contribution < 1.29 is 23.7 Å². The first-order valence-corrected chi connectivity index (χ1v) is 11.7. The van der Waals surface area contributed by atoms with Crippen LogP contribution in [-0.2, 0) is 19.0 Å². The van der Waals surface area contributed by atoms with Crippen molar-refractivity contribution in [2.75, 3.05) is 46.1 Å². The van der Waals surface area contributed by atoms with Gasteiger partial charge < -0.3 is 18.9 Å². The highest BCUT2D eigenvalue weighted by molar-refractivity contribution is 6.01. The average molecular weight is 429 g/mol. The second kappa shape index (κ2) is 9.77. The normalized spacial score (nSPS) is 33.5. The van der Waals surface area contributed by atoms with Crippen LogP contribution in [0.15, 0.2) is 29.3 Å². The van der Waals surface area contributed by atoms with Gasteiger partial charge in [-0.2, -0.15) is 0 Å². The molecule has 0 aromatic heterocycles. The molecule has 3 fully saturated rings. The smallest absolute Gasteiger partial charge is 0.277 e. The summed E-state index contributed by atoms with van der Waals surface area (Å²) < 4.78 is 23.5. The third-order valence-electron chi connectivity index (χ3n) is 6.98. The maximum atomic E-state index is 12.6. The lowest BCUT2D eigenvalue weighted by molar-refractivity contribution is -0.143. The number of benzene rings is 1. The predicted molar refractivity (Wildman–Crippen MR) is 116 cm³/mol. The third-order valence-corrected chi connectivity index (χ3v) is 6.98. The van der Waals surface area contributed by atoms with Gasteiger partial charge in [0.15, 0.2) is 6.10 Å². The Morgan fingerprint density at radius 3 is 2.68 bits per heavy atom. The molecule has 2 saturated heterocycles. The van der Waals surface area contributed by atoms with E-state index in [1.807, 2.05) is 0 Å². The molecular formula is C24H32N2O5. The molecule has 1 saturated carbocycles. The molecule has 5 aliphatic rings. The monoisotopic (exact) mass is 428 g/mol. The van der Waals surface area contributed by atoms with E-state index in [2.05, 4.69) is 34.2 Å². The molecule has 2 atom stereocenters. The molecule has 4 heterocycles. The molecule has 0 spiro atoms. The minimum atomic E-state index is -0.582. The Labute approximate surface area is 183 Å². The molecule has 4 aliphatic heterocycles. The van der Waals surface area contributed by atoms with Crippen LogP contribution in [0.4, 0.5) is 0 Å². The second-order valence-corrected chi connectivity index (χ2v) is 8.87. The van der Waals surface area contributed by atoms with Gasteiger partial charge in [0.1, 0.15) is 12.4 Å². The summed E-state index contributed by atoms with van der Waals surface area (Å²) in [5.74, 6) is 1.33. The van der Waals surface area contributed by atoms with E-state index in [1.54, 1.807) is 0 Å². The van der Waals surface area contributed by atoms with Crippen molar-refractivity contribution in [1.82, 2.24) is 4.90 Å². The molecular weight excluding hydrogens is 396 g/mol. The van der Waals surface area contributed by atoms with E-state index >= 15 is 0 Å². The highest BCUT2D eigenvalue weighted by atomic mass is 16.6. The zero-order chi connectivity index (χ0) is 21.0. The molecule has 1 aromatic carbocycles. The number of hydrogen-bond acceptors (Lipinski definition) is 6. The number of rotatable bonds is 1. The van der Waals surface area contributed by atoms with Crippen molar-refractivity contribution in [2.45, 2.75) is 56.3 Å². The fraction of sp³-hybridized carbons (Fsp3) is 0.667. The Morgan fingerprint density at radius 1 is 0.968 bits per heavy atom. The van der Waals surface area contributed by atoms with Gasteiger partial charge in [-0.15, -0.1) is 0 Å². The van der Waals surface area contributed by atoms with Gasteiger partial charge in [0.25, 0.3) is 5.91 Å². The lowest BCUT2D eigenvalue weighted by atomic mass is 9.82. The number of amides is 1. The standard InChI is InChI=1S/C24H32N2O5/c27-24(23-16-28-13-14-30-23)25-20-9-10-26-11-12-29-22-4-2-1-3-19(22)17-5-7-18(8-6-17)31-15-21(20)26/h1-4,17-18,21,23H,5-16H2/t17?,18?,21-,23?/m0/s1. The summed E-state index contributed by atoms with van der Waals surface area (Å²) >= 11 is 0. The molecule has 1 aromatic rings. The Bertz CT molecular complexity index is 799. The number of hydrogen-bond donors (Lipinski definition) is 0. The number of aliphatic imine (C=N–C) groups is 1. The van der Waals surface area contributed by atoms with E-state index < -0.39 is 6.10 Å². The summed E-state index contributed by atoms with van der Waals surface area (Å²) in [6, 6.07) is 8.49. The first-order valence-electron chi connectivity index (χ1n) is 11.7. The van der Waals surface area contributed by atoms with E-state index in [4.69, 9.17) is 18.9 Å². The number of ether oxygens (including phenoxy) is 4. The van der Waals surface area contributed by atoms with Crippen LogP contribution < -0.4 is 4.74 Å². The Hall–Kier alpha value is -1.80. The largest absolute Gasteiger partial charge is 0.492 e. The summed E-state index contributed by atoms with van der Waals surface area (Å²) in [5, 5.41) is 0. The SMILES string of the molecule is O=C(N=C1CCN2CCOc3ccccc3C3CCC(CC3)OC[C@@H]12)C1COCCO1. The van der Waals surface area contributed by atoms with Crippen molar-refractivity contribution >= 4 is 11.6 Å². The molecule has 2 bridgehead atoms. The van der Waals surface area contributed by atoms with E-state index in [0.29, 0.717) is 32.3 Å². The minimum absolute atomic E-state index is 0.0192. The second-order valence-electron chi connectivity index (χ2n) is 8.87. The minimum Gasteiger partial charge on any atom is -0.492 e. The molecule has 168 valence electrons. The lowest BCUT2D eigenvalue weighted by Crippen LogP contribution is -2.41. The molecule has 6 rings (SSSR count). The van der Waals surface area contributed by atoms with Gasteiger partial charge >= 0.3 is 0 Å². The van der Waals surface area contributed by atoms with Crippen molar-refractivity contribution in [2.24, 2.45) is 4.99 Å². The summed E-state index contributed by atoms with van der Waals surface area (Å²) in [7, 11) is 0. The van der Waals surface area contributed by atoms with Crippen LogP contribution in [0.2, 0.25) is 0 Å². The van der Waals surface area contributed by atoms with Crippen molar-refractivity contribution in [3.05, 3.63) is 29.8 Å². The van der Waals surface area contributed by atoms with Gasteiger partial charge in [0.2, 0.25) is 0 Å². The molecule has 7 heteroatoms. The summed E-state index contributed by atoms with van der Waals surface area (Å²) in [6.45, 7) is 4.11. The fourth-order valence-corrected chi connectivity index (χ4v) is 5.22. The first-order chi connectivity index (χ1) is 15.3. The molecule has 1 amide bonds. The van der Waals surface area contributed by atoms with Crippen LogP contribution in [0.25, 0.3) is 0 Å². The number of para-hydroxylation sites is 1. The van der Waals surface area contributed by atoms with E-state index in [0.717, 1.165) is 56.7 Å². The van der Waals surface area contributed by atoms with E-state index in [-0.39, 0.29) is 24.7 Å². The van der Waals surface area contributed by atoms with Crippen LogP contribution in [0.1, 0.15) is 43.6 Å². The van der Waals surface area contributed by atoms with Crippen LogP contribution in [-0.4, -0.2) is 80.9 Å². The fourth-order valence-electron chi connectivity index (χ4n) is 5.22. The summed E-state index contributed by atoms with van der Waals surface area (Å²) in [5.41, 5.74) is 2.24. The van der Waals surface area contributed by atoms with Crippen LogP contribution in [0.3, 0.4) is 0 Å². The van der Waals surface area contributed by atoms with Gasteiger partial charge in [-0.25, -0.2) is 4.99 Å². The summed E-state index contributed by atoms with van der Waals surface area (Å²) in [4.78, 5) is 19.5. The number of nitrogens with zero attached hydrogens (tertiary/aromatic N) is 2. The third kappa shape index (κ3) is 4.85. The molecule has 1 unspecified atom stereocenters. The van der Waals surface area contributed by atoms with Gasteiger partial charge in [-0.1, -0.05) is 18.2 Å². The van der Waals surface area contributed by atoms with Crippen LogP contribution in [0.5, 0.6) is 5.75 Å².